The largest absolute Gasteiger partial charge is 0.321 e. The summed E-state index contributed by atoms with van der Waals surface area (Å²) in [6.45, 7) is 2.29. The van der Waals surface area contributed by atoms with Crippen LogP contribution < -0.4 is 5.32 Å². The van der Waals surface area contributed by atoms with Crippen LogP contribution in [0.2, 0.25) is 5.02 Å². The molecule has 1 atom stereocenters. The molecule has 4 nitrogen and oxygen atoms in total. The summed E-state index contributed by atoms with van der Waals surface area (Å²) in [6.07, 6.45) is 0. The summed E-state index contributed by atoms with van der Waals surface area (Å²) >= 11 is 5.88. The Hall–Kier alpha value is -1.26. The number of hydrogen-bond donors (Lipinski definition) is 1. The number of carbonyl (C=O) groups excluding carboxylic acids is 1. The molecule has 1 unspecified atom stereocenters. The first-order valence-corrected chi connectivity index (χ1v) is 6.43. The van der Waals surface area contributed by atoms with Gasteiger partial charge in [-0.05, 0) is 24.7 Å². The van der Waals surface area contributed by atoms with Crippen LogP contribution >= 0.6 is 11.6 Å². The molecule has 0 aliphatic carbocycles. The summed E-state index contributed by atoms with van der Waals surface area (Å²) in [7, 11) is 3.74. The molecule has 5 heteroatoms. The third-order valence-electron chi connectivity index (χ3n) is 3.32. The van der Waals surface area contributed by atoms with E-state index in [9.17, 15) is 4.79 Å². The molecule has 18 heavy (non-hydrogen) atoms. The second kappa shape index (κ2) is 5.59. The number of hydrogen-bond acceptors (Lipinski definition) is 2. The maximum atomic E-state index is 12.1. The standard InChI is InChI=1S/C13H18ClN3O/c1-15-7-8-17-9-12(16(2)13(17)18)10-3-5-11(14)6-4-10/h3-6,12,15H,7-9H2,1-2H3. The summed E-state index contributed by atoms with van der Waals surface area (Å²) in [5.41, 5.74) is 1.13. The fourth-order valence-corrected chi connectivity index (χ4v) is 2.34. The molecule has 1 N–H and O–H groups in total. The van der Waals surface area contributed by atoms with Crippen molar-refractivity contribution in [2.75, 3.05) is 33.7 Å². The van der Waals surface area contributed by atoms with Gasteiger partial charge in [0.1, 0.15) is 0 Å². The van der Waals surface area contributed by atoms with Gasteiger partial charge in [0.05, 0.1) is 6.04 Å². The van der Waals surface area contributed by atoms with Crippen LogP contribution in [0.1, 0.15) is 11.6 Å². The number of halogens is 1. The van der Waals surface area contributed by atoms with E-state index in [1.807, 2.05) is 43.3 Å². The highest BCUT2D eigenvalue weighted by Crippen LogP contribution is 2.28. The highest BCUT2D eigenvalue weighted by Gasteiger charge is 2.34. The van der Waals surface area contributed by atoms with E-state index >= 15 is 0 Å². The molecule has 2 rings (SSSR count). The maximum absolute atomic E-state index is 12.1. The third kappa shape index (κ3) is 2.60. The SMILES string of the molecule is CNCCN1CC(c2ccc(Cl)cc2)N(C)C1=O. The quantitative estimate of drug-likeness (QED) is 0.905. The Labute approximate surface area is 113 Å². The molecule has 0 bridgehead atoms. The second-order valence-corrected chi connectivity index (χ2v) is 4.95. The van der Waals surface area contributed by atoms with Gasteiger partial charge in [0.15, 0.2) is 0 Å². The highest BCUT2D eigenvalue weighted by atomic mass is 35.5. The molecule has 0 saturated carbocycles. The second-order valence-electron chi connectivity index (χ2n) is 4.51. The average molecular weight is 268 g/mol. The van der Waals surface area contributed by atoms with Crippen LogP contribution in [0.5, 0.6) is 0 Å². The molecule has 0 radical (unpaired) electrons. The number of carbonyl (C=O) groups is 1. The van der Waals surface area contributed by atoms with E-state index in [1.54, 1.807) is 4.90 Å². The average Bonchev–Trinajstić information content (AvgIpc) is 2.65. The lowest BCUT2D eigenvalue weighted by Gasteiger charge is -2.17. The summed E-state index contributed by atoms with van der Waals surface area (Å²) in [5, 5.41) is 3.78. The van der Waals surface area contributed by atoms with Gasteiger partial charge in [-0.1, -0.05) is 23.7 Å². The van der Waals surface area contributed by atoms with E-state index in [0.29, 0.717) is 0 Å². The van der Waals surface area contributed by atoms with E-state index in [-0.39, 0.29) is 12.1 Å². The Kier molecular flexibility index (Phi) is 4.09. The number of nitrogens with one attached hydrogen (secondary N) is 1. The first-order valence-electron chi connectivity index (χ1n) is 6.05. The topological polar surface area (TPSA) is 35.6 Å². The summed E-state index contributed by atoms with van der Waals surface area (Å²) in [4.78, 5) is 15.7. The van der Waals surface area contributed by atoms with Crippen molar-refractivity contribution in [3.8, 4) is 0 Å². The van der Waals surface area contributed by atoms with Crippen molar-refractivity contribution < 1.29 is 4.79 Å². The molecule has 98 valence electrons. The molecule has 1 heterocycles. The van der Waals surface area contributed by atoms with Crippen LogP contribution in [-0.4, -0.2) is 49.6 Å². The molecule has 1 aromatic rings. The smallest absolute Gasteiger partial charge is 0.320 e. The van der Waals surface area contributed by atoms with Gasteiger partial charge >= 0.3 is 6.03 Å². The number of nitrogens with zero attached hydrogens (tertiary/aromatic N) is 2. The molecule has 0 spiro atoms. The molecule has 1 aromatic carbocycles. The van der Waals surface area contributed by atoms with E-state index in [0.717, 1.165) is 30.2 Å². The van der Waals surface area contributed by atoms with Crippen LogP contribution in [0.15, 0.2) is 24.3 Å². The fraction of sp³-hybridized carbons (Fsp3) is 0.462. The first kappa shape index (κ1) is 13.2. The first-order chi connectivity index (χ1) is 8.63. The van der Waals surface area contributed by atoms with Gasteiger partial charge in [0, 0.05) is 31.7 Å². The number of urea groups is 1. The van der Waals surface area contributed by atoms with Crippen molar-refractivity contribution in [1.82, 2.24) is 15.1 Å². The summed E-state index contributed by atoms with van der Waals surface area (Å²) < 4.78 is 0. The predicted octanol–water partition coefficient (Wildman–Crippen LogP) is 1.97. The Balaban J connectivity index is 2.10. The molecule has 1 aliphatic rings. The van der Waals surface area contributed by atoms with Crippen molar-refractivity contribution >= 4 is 17.6 Å². The van der Waals surface area contributed by atoms with Crippen LogP contribution in [0, 0.1) is 0 Å². The molecule has 1 saturated heterocycles. The zero-order chi connectivity index (χ0) is 13.1. The molecular formula is C13H18ClN3O. The molecular weight excluding hydrogens is 250 g/mol. The van der Waals surface area contributed by atoms with Gasteiger partial charge in [0.2, 0.25) is 0 Å². The molecule has 2 amide bonds. The van der Waals surface area contributed by atoms with Crippen LogP contribution in [0.25, 0.3) is 0 Å². The Morgan fingerprint density at radius 1 is 1.39 bits per heavy atom. The van der Waals surface area contributed by atoms with Crippen LogP contribution in [-0.2, 0) is 0 Å². The van der Waals surface area contributed by atoms with Gasteiger partial charge in [0.25, 0.3) is 0 Å². The molecule has 1 aliphatic heterocycles. The van der Waals surface area contributed by atoms with Crippen molar-refractivity contribution in [3.05, 3.63) is 34.9 Å². The van der Waals surface area contributed by atoms with Gasteiger partial charge < -0.3 is 15.1 Å². The van der Waals surface area contributed by atoms with Crippen molar-refractivity contribution in [2.24, 2.45) is 0 Å². The minimum atomic E-state index is 0.0881. The van der Waals surface area contributed by atoms with Crippen molar-refractivity contribution in [2.45, 2.75) is 6.04 Å². The zero-order valence-corrected chi connectivity index (χ0v) is 11.4. The minimum Gasteiger partial charge on any atom is -0.321 e. The summed E-state index contributed by atoms with van der Waals surface area (Å²) in [6, 6.07) is 7.91. The van der Waals surface area contributed by atoms with Crippen LogP contribution in [0.4, 0.5) is 4.79 Å². The third-order valence-corrected chi connectivity index (χ3v) is 3.57. The Morgan fingerprint density at radius 2 is 2.06 bits per heavy atom. The Morgan fingerprint density at radius 3 is 2.67 bits per heavy atom. The van der Waals surface area contributed by atoms with E-state index in [2.05, 4.69) is 5.32 Å². The van der Waals surface area contributed by atoms with Gasteiger partial charge in [-0.25, -0.2) is 4.79 Å². The number of rotatable bonds is 4. The van der Waals surface area contributed by atoms with Crippen LogP contribution in [0.3, 0.4) is 0 Å². The lowest BCUT2D eigenvalue weighted by atomic mass is 10.1. The van der Waals surface area contributed by atoms with Crippen molar-refractivity contribution in [3.63, 3.8) is 0 Å². The Bertz CT molecular complexity index is 421. The van der Waals surface area contributed by atoms with E-state index in [4.69, 9.17) is 11.6 Å². The number of likely N-dealkylation sites (N-methyl/N-ethyl adjacent to an activating group) is 2. The molecule has 1 fully saturated rings. The highest BCUT2D eigenvalue weighted by molar-refractivity contribution is 6.30. The monoisotopic (exact) mass is 267 g/mol. The lowest BCUT2D eigenvalue weighted by Crippen LogP contribution is -2.34. The van der Waals surface area contributed by atoms with Gasteiger partial charge in [-0.15, -0.1) is 0 Å². The van der Waals surface area contributed by atoms with E-state index < -0.39 is 0 Å². The summed E-state index contributed by atoms with van der Waals surface area (Å²) in [5.74, 6) is 0. The predicted molar refractivity (Wildman–Crippen MR) is 72.9 cm³/mol. The lowest BCUT2D eigenvalue weighted by molar-refractivity contribution is 0.196. The van der Waals surface area contributed by atoms with Crippen molar-refractivity contribution in [1.29, 1.82) is 0 Å². The van der Waals surface area contributed by atoms with E-state index in [1.165, 1.54) is 0 Å². The normalized spacial score (nSPS) is 19.7. The maximum Gasteiger partial charge on any atom is 0.320 e. The van der Waals surface area contributed by atoms with Gasteiger partial charge in [-0.3, -0.25) is 0 Å². The molecule has 0 aromatic heterocycles. The zero-order valence-electron chi connectivity index (χ0n) is 10.7. The minimum absolute atomic E-state index is 0.0881. The number of amides is 2. The van der Waals surface area contributed by atoms with Gasteiger partial charge in [-0.2, -0.15) is 0 Å². The number of benzene rings is 1. The fourth-order valence-electron chi connectivity index (χ4n) is 2.21.